The molecule has 7 nitrogen and oxygen atoms in total. The minimum absolute atomic E-state index is 0.0226. The zero-order valence-corrected chi connectivity index (χ0v) is 13.1. The summed E-state index contributed by atoms with van der Waals surface area (Å²) in [6.07, 6.45) is 0.596. The minimum atomic E-state index is -0.890. The number of aromatic nitrogens is 3. The molecule has 0 unspecified atom stereocenters. The Morgan fingerprint density at radius 2 is 1.54 bits per heavy atom. The number of aliphatic hydroxyl groups excluding tert-OH is 2. The van der Waals surface area contributed by atoms with Crippen LogP contribution < -0.4 is 5.73 Å². The van der Waals surface area contributed by atoms with Gasteiger partial charge < -0.3 is 21.1 Å². The van der Waals surface area contributed by atoms with Crippen LogP contribution in [0.3, 0.4) is 0 Å². The van der Waals surface area contributed by atoms with Gasteiger partial charge in [0.1, 0.15) is 22.5 Å². The average molecular weight is 328 g/mol. The van der Waals surface area contributed by atoms with Gasteiger partial charge in [-0.2, -0.15) is 0 Å². The molecule has 3 aromatic rings. The van der Waals surface area contributed by atoms with Crippen molar-refractivity contribution in [1.82, 2.24) is 15.0 Å². The summed E-state index contributed by atoms with van der Waals surface area (Å²) in [6.45, 7) is -0.201. The molecule has 0 aliphatic rings. The molecule has 5 N–H and O–H groups in total. The molecule has 3 rings (SSSR count). The summed E-state index contributed by atoms with van der Waals surface area (Å²) in [7, 11) is 0. The summed E-state index contributed by atoms with van der Waals surface area (Å²) in [4.78, 5) is 1.36. The second-order valence-corrected chi connectivity index (χ2v) is 5.79. The molecule has 1 aromatic heterocycles. The van der Waals surface area contributed by atoms with E-state index in [0.717, 1.165) is 0 Å². The smallest absolute Gasteiger partial charge is 0.143 e. The third-order valence-electron chi connectivity index (χ3n) is 4.17. The Balaban J connectivity index is 2.08. The van der Waals surface area contributed by atoms with Gasteiger partial charge in [-0.25, -0.2) is 0 Å². The Hall–Kier alpha value is -2.48. The molecule has 0 atom stereocenters. The number of phenols is 1. The van der Waals surface area contributed by atoms with Crippen molar-refractivity contribution in [3.8, 4) is 11.4 Å². The van der Waals surface area contributed by atoms with E-state index in [9.17, 15) is 15.3 Å². The lowest BCUT2D eigenvalue weighted by Gasteiger charge is -2.29. The minimum Gasteiger partial charge on any atom is -0.506 e. The predicted octanol–water partition coefficient (Wildman–Crippen LogP) is 1.04. The van der Waals surface area contributed by atoms with Crippen LogP contribution in [0, 0.1) is 0 Å². The van der Waals surface area contributed by atoms with Crippen molar-refractivity contribution in [2.24, 2.45) is 5.73 Å². The van der Waals surface area contributed by atoms with Crippen LogP contribution in [0.15, 0.2) is 42.5 Å². The molecule has 0 spiro atoms. The highest BCUT2D eigenvalue weighted by Gasteiger charge is 2.27. The second kappa shape index (κ2) is 6.56. The van der Waals surface area contributed by atoms with Crippen LogP contribution >= 0.6 is 0 Å². The number of hydrogen-bond donors (Lipinski definition) is 4. The summed E-state index contributed by atoms with van der Waals surface area (Å²) < 4.78 is 0. The molecule has 1 heterocycles. The van der Waals surface area contributed by atoms with E-state index in [1.807, 2.05) is 24.3 Å². The Morgan fingerprint density at radius 1 is 0.958 bits per heavy atom. The van der Waals surface area contributed by atoms with Gasteiger partial charge in [0.25, 0.3) is 0 Å². The van der Waals surface area contributed by atoms with E-state index in [1.54, 1.807) is 12.1 Å². The number of nitrogens with zero attached hydrogens (tertiary/aromatic N) is 3. The van der Waals surface area contributed by atoms with Crippen LogP contribution in [-0.2, 0) is 5.54 Å². The topological polar surface area (TPSA) is 117 Å². The van der Waals surface area contributed by atoms with Gasteiger partial charge >= 0.3 is 0 Å². The van der Waals surface area contributed by atoms with Crippen molar-refractivity contribution in [3.05, 3.63) is 48.0 Å². The first-order valence-corrected chi connectivity index (χ1v) is 7.74. The number of aromatic hydroxyl groups is 1. The van der Waals surface area contributed by atoms with Crippen LogP contribution in [-0.4, -0.2) is 43.5 Å². The SMILES string of the molecule is NC(CCO)(CCO)c1ccc(O)c(-n2nc3ccccc3n2)c1. The van der Waals surface area contributed by atoms with Crippen LogP contribution in [0.4, 0.5) is 0 Å². The standard InChI is InChI=1S/C17H20N4O3/c18-17(7-9-22,8-10-23)12-5-6-16(24)15(11-12)21-19-13-3-1-2-4-14(13)20-21/h1-6,11,22-24H,7-10,18H2. The lowest BCUT2D eigenvalue weighted by atomic mass is 9.84. The zero-order valence-electron chi connectivity index (χ0n) is 13.1. The second-order valence-electron chi connectivity index (χ2n) is 5.79. The highest BCUT2D eigenvalue weighted by atomic mass is 16.3. The van der Waals surface area contributed by atoms with Crippen molar-refractivity contribution in [2.75, 3.05) is 13.2 Å². The number of nitrogens with two attached hydrogens (primary N) is 1. The van der Waals surface area contributed by atoms with E-state index in [4.69, 9.17) is 5.73 Å². The Morgan fingerprint density at radius 3 is 2.08 bits per heavy atom. The monoisotopic (exact) mass is 328 g/mol. The molecule has 0 bridgehead atoms. The van der Waals surface area contributed by atoms with Gasteiger partial charge in [0.15, 0.2) is 0 Å². The van der Waals surface area contributed by atoms with Gasteiger partial charge in [-0.3, -0.25) is 0 Å². The van der Waals surface area contributed by atoms with Gasteiger partial charge in [-0.05, 0) is 42.7 Å². The van der Waals surface area contributed by atoms with Crippen molar-refractivity contribution in [3.63, 3.8) is 0 Å². The molecule has 2 aromatic carbocycles. The molecule has 0 aliphatic heterocycles. The van der Waals surface area contributed by atoms with E-state index in [2.05, 4.69) is 10.2 Å². The van der Waals surface area contributed by atoms with Gasteiger partial charge in [-0.1, -0.05) is 18.2 Å². The van der Waals surface area contributed by atoms with Crippen LogP contribution in [0.5, 0.6) is 5.75 Å². The van der Waals surface area contributed by atoms with Gasteiger partial charge in [0.05, 0.1) is 0 Å². The summed E-state index contributed by atoms with van der Waals surface area (Å²) in [5, 5.41) is 37.5. The largest absolute Gasteiger partial charge is 0.506 e. The van der Waals surface area contributed by atoms with Gasteiger partial charge in [-0.15, -0.1) is 15.0 Å². The first kappa shape index (κ1) is 16.4. The maximum atomic E-state index is 10.2. The molecule has 0 amide bonds. The van der Waals surface area contributed by atoms with E-state index >= 15 is 0 Å². The summed E-state index contributed by atoms with van der Waals surface area (Å²) in [5.41, 5.74) is 7.99. The molecule has 126 valence electrons. The summed E-state index contributed by atoms with van der Waals surface area (Å²) in [6, 6.07) is 12.3. The predicted molar refractivity (Wildman–Crippen MR) is 89.8 cm³/mol. The number of phenolic OH excluding ortho intramolecular Hbond substituents is 1. The first-order valence-electron chi connectivity index (χ1n) is 7.74. The van der Waals surface area contributed by atoms with E-state index in [-0.39, 0.29) is 19.0 Å². The van der Waals surface area contributed by atoms with Crippen LogP contribution in [0.25, 0.3) is 16.7 Å². The normalized spacial score (nSPS) is 12.0. The number of benzene rings is 2. The number of hydrogen-bond acceptors (Lipinski definition) is 6. The molecule has 0 saturated heterocycles. The molecular weight excluding hydrogens is 308 g/mol. The molecule has 0 radical (unpaired) electrons. The fraction of sp³-hybridized carbons (Fsp3) is 0.294. The number of rotatable bonds is 6. The fourth-order valence-electron chi connectivity index (χ4n) is 2.77. The molecule has 0 fully saturated rings. The van der Waals surface area contributed by atoms with E-state index in [1.165, 1.54) is 10.9 Å². The van der Waals surface area contributed by atoms with Crippen molar-refractivity contribution < 1.29 is 15.3 Å². The van der Waals surface area contributed by atoms with Gasteiger partial charge in [0, 0.05) is 18.8 Å². The zero-order chi connectivity index (χ0) is 17.2. The van der Waals surface area contributed by atoms with E-state index < -0.39 is 5.54 Å². The van der Waals surface area contributed by atoms with Crippen molar-refractivity contribution in [2.45, 2.75) is 18.4 Å². The number of aliphatic hydroxyl groups is 2. The average Bonchev–Trinajstić information content (AvgIpc) is 2.99. The van der Waals surface area contributed by atoms with Crippen LogP contribution in [0.2, 0.25) is 0 Å². The quantitative estimate of drug-likeness (QED) is 0.537. The third kappa shape index (κ3) is 2.96. The third-order valence-corrected chi connectivity index (χ3v) is 4.17. The van der Waals surface area contributed by atoms with Crippen molar-refractivity contribution >= 4 is 11.0 Å². The maximum Gasteiger partial charge on any atom is 0.143 e. The molecule has 24 heavy (non-hydrogen) atoms. The summed E-state index contributed by atoms with van der Waals surface area (Å²) in [5.74, 6) is 0.0226. The Bertz CT molecular complexity index is 808. The lowest BCUT2D eigenvalue weighted by Crippen LogP contribution is -2.38. The molecular formula is C17H20N4O3. The fourth-order valence-corrected chi connectivity index (χ4v) is 2.77. The first-order chi connectivity index (χ1) is 11.6. The Kier molecular flexibility index (Phi) is 4.48. The molecule has 0 aliphatic carbocycles. The highest BCUT2D eigenvalue weighted by Crippen LogP contribution is 2.31. The van der Waals surface area contributed by atoms with Crippen LogP contribution in [0.1, 0.15) is 18.4 Å². The molecule has 7 heteroatoms. The van der Waals surface area contributed by atoms with Gasteiger partial charge in [0.2, 0.25) is 0 Å². The Labute approximate surface area is 139 Å². The van der Waals surface area contributed by atoms with E-state index in [0.29, 0.717) is 35.1 Å². The lowest BCUT2D eigenvalue weighted by molar-refractivity contribution is 0.193. The molecule has 0 saturated carbocycles. The number of fused-ring (bicyclic) bond motifs is 1. The maximum absolute atomic E-state index is 10.2. The summed E-state index contributed by atoms with van der Waals surface area (Å²) >= 11 is 0. The van der Waals surface area contributed by atoms with Crippen molar-refractivity contribution in [1.29, 1.82) is 0 Å². The highest BCUT2D eigenvalue weighted by molar-refractivity contribution is 5.73.